The summed E-state index contributed by atoms with van der Waals surface area (Å²) < 4.78 is 10.9. The normalized spacial score (nSPS) is 36.4. The second kappa shape index (κ2) is 4.13. The summed E-state index contributed by atoms with van der Waals surface area (Å²) in [5.41, 5.74) is 0.924. The molecule has 0 radical (unpaired) electrons. The zero-order chi connectivity index (χ0) is 11.8. The Hall–Kier alpha value is -1.39. The van der Waals surface area contributed by atoms with Gasteiger partial charge in [-0.25, -0.2) is 0 Å². The van der Waals surface area contributed by atoms with E-state index in [2.05, 4.69) is 0 Å². The lowest BCUT2D eigenvalue weighted by atomic mass is 9.90. The average molecular weight is 234 g/mol. The topological polar surface area (TPSA) is 55.8 Å². The van der Waals surface area contributed by atoms with Gasteiger partial charge < -0.3 is 14.6 Å². The first kappa shape index (κ1) is 10.7. The molecule has 17 heavy (non-hydrogen) atoms. The van der Waals surface area contributed by atoms with Crippen molar-refractivity contribution in [2.45, 2.75) is 37.3 Å². The minimum Gasteiger partial charge on any atom is -0.459 e. The fourth-order valence-corrected chi connectivity index (χ4v) is 2.51. The lowest BCUT2D eigenvalue weighted by Gasteiger charge is -2.42. The van der Waals surface area contributed by atoms with Crippen LogP contribution >= 0.6 is 0 Å². The van der Waals surface area contributed by atoms with Crippen molar-refractivity contribution in [1.29, 1.82) is 0 Å². The van der Waals surface area contributed by atoms with E-state index >= 15 is 0 Å². The van der Waals surface area contributed by atoms with Gasteiger partial charge in [0, 0.05) is 6.42 Å². The minimum absolute atomic E-state index is 0.130. The number of ether oxygens (including phenoxy) is 2. The van der Waals surface area contributed by atoms with Crippen LogP contribution in [0.1, 0.15) is 24.5 Å². The van der Waals surface area contributed by atoms with E-state index in [4.69, 9.17) is 9.47 Å². The van der Waals surface area contributed by atoms with E-state index in [0.717, 1.165) is 5.56 Å². The zero-order valence-electron chi connectivity index (χ0n) is 9.28. The van der Waals surface area contributed by atoms with Crippen molar-refractivity contribution in [1.82, 2.24) is 0 Å². The highest BCUT2D eigenvalue weighted by atomic mass is 16.6. The molecular formula is C13H14O4. The Morgan fingerprint density at radius 1 is 1.24 bits per heavy atom. The summed E-state index contributed by atoms with van der Waals surface area (Å²) in [5.74, 6) is -0.281. The number of fused-ring (bicyclic) bond motifs is 2. The quantitative estimate of drug-likeness (QED) is 0.742. The molecule has 4 heteroatoms. The molecule has 2 fully saturated rings. The van der Waals surface area contributed by atoms with E-state index in [-0.39, 0.29) is 18.5 Å². The van der Waals surface area contributed by atoms with Crippen molar-refractivity contribution >= 4 is 5.97 Å². The van der Waals surface area contributed by atoms with E-state index in [1.165, 1.54) is 0 Å². The van der Waals surface area contributed by atoms with E-state index < -0.39 is 18.3 Å². The van der Waals surface area contributed by atoms with E-state index in [9.17, 15) is 9.90 Å². The number of hydrogen-bond donors (Lipinski definition) is 1. The predicted molar refractivity (Wildman–Crippen MR) is 59.2 cm³/mol. The second-order valence-corrected chi connectivity index (χ2v) is 4.55. The number of carbonyl (C=O) groups excluding carboxylic acids is 1. The standard InChI is InChI=1S/C13H14O4/c14-11-7-9-6-10(17-11)12(15)13(16-9)8-4-2-1-3-5-8/h1-5,9-10,12-13,15H,6-7H2/t9-,10-,12+,13+/m0/s1. The molecule has 4 nitrogen and oxygen atoms in total. The van der Waals surface area contributed by atoms with E-state index in [0.29, 0.717) is 6.42 Å². The van der Waals surface area contributed by atoms with E-state index in [1.54, 1.807) is 0 Å². The van der Waals surface area contributed by atoms with Crippen LogP contribution in [0.5, 0.6) is 0 Å². The molecule has 1 aromatic carbocycles. The molecule has 2 heterocycles. The van der Waals surface area contributed by atoms with Gasteiger partial charge in [-0.05, 0) is 5.56 Å². The van der Waals surface area contributed by atoms with Gasteiger partial charge in [-0.3, -0.25) is 4.79 Å². The Kier molecular flexibility index (Phi) is 2.61. The first-order valence-electron chi connectivity index (χ1n) is 5.82. The maximum atomic E-state index is 11.3. The Morgan fingerprint density at radius 2 is 2.00 bits per heavy atom. The molecule has 2 saturated heterocycles. The van der Waals surface area contributed by atoms with Crippen LogP contribution in [0.4, 0.5) is 0 Å². The molecule has 0 spiro atoms. The van der Waals surface area contributed by atoms with Gasteiger partial charge in [0.1, 0.15) is 18.3 Å². The monoisotopic (exact) mass is 234 g/mol. The third kappa shape index (κ3) is 1.94. The van der Waals surface area contributed by atoms with Crippen LogP contribution in [0.25, 0.3) is 0 Å². The van der Waals surface area contributed by atoms with Crippen LogP contribution in [-0.4, -0.2) is 29.4 Å². The maximum Gasteiger partial charge on any atom is 0.308 e. The Morgan fingerprint density at radius 3 is 2.76 bits per heavy atom. The van der Waals surface area contributed by atoms with Gasteiger partial charge in [0.05, 0.1) is 12.5 Å². The van der Waals surface area contributed by atoms with Crippen molar-refractivity contribution in [3.63, 3.8) is 0 Å². The maximum absolute atomic E-state index is 11.3. The Bertz CT molecular complexity index is 417. The smallest absolute Gasteiger partial charge is 0.308 e. The fraction of sp³-hybridized carbons (Fsp3) is 0.462. The average Bonchev–Trinajstić information content (AvgIpc) is 2.34. The summed E-state index contributed by atoms with van der Waals surface area (Å²) in [6.07, 6.45) is -0.857. The summed E-state index contributed by atoms with van der Waals surface area (Å²) in [6, 6.07) is 9.55. The third-order valence-corrected chi connectivity index (χ3v) is 3.33. The largest absolute Gasteiger partial charge is 0.459 e. The molecule has 2 bridgehead atoms. The summed E-state index contributed by atoms with van der Waals surface area (Å²) in [7, 11) is 0. The number of benzene rings is 1. The Labute approximate surface area is 99.2 Å². The molecule has 0 saturated carbocycles. The number of aliphatic hydroxyl groups is 1. The zero-order valence-corrected chi connectivity index (χ0v) is 9.28. The van der Waals surface area contributed by atoms with Crippen molar-refractivity contribution in [3.05, 3.63) is 35.9 Å². The van der Waals surface area contributed by atoms with Gasteiger partial charge in [-0.2, -0.15) is 0 Å². The molecule has 4 atom stereocenters. The summed E-state index contributed by atoms with van der Waals surface area (Å²) >= 11 is 0. The molecule has 1 N–H and O–H groups in total. The van der Waals surface area contributed by atoms with Crippen molar-refractivity contribution in [3.8, 4) is 0 Å². The molecule has 0 unspecified atom stereocenters. The Balaban J connectivity index is 1.86. The van der Waals surface area contributed by atoms with Gasteiger partial charge in [0.2, 0.25) is 0 Å². The first-order valence-corrected chi connectivity index (χ1v) is 5.82. The fourth-order valence-electron chi connectivity index (χ4n) is 2.51. The van der Waals surface area contributed by atoms with Crippen LogP contribution in [0, 0.1) is 0 Å². The lowest BCUT2D eigenvalue weighted by molar-refractivity contribution is -0.218. The second-order valence-electron chi connectivity index (χ2n) is 4.55. The van der Waals surface area contributed by atoms with Crippen molar-refractivity contribution in [2.24, 2.45) is 0 Å². The highest BCUT2D eigenvalue weighted by Crippen LogP contribution is 2.37. The van der Waals surface area contributed by atoms with Crippen LogP contribution < -0.4 is 0 Å². The summed E-state index contributed by atoms with van der Waals surface area (Å²) in [6.45, 7) is 0. The summed E-state index contributed by atoms with van der Waals surface area (Å²) in [4.78, 5) is 11.3. The van der Waals surface area contributed by atoms with Gasteiger partial charge in [-0.15, -0.1) is 0 Å². The van der Waals surface area contributed by atoms with Crippen molar-refractivity contribution < 1.29 is 19.4 Å². The molecule has 0 aliphatic carbocycles. The SMILES string of the molecule is O=C1C[C@@H]2C[C@H](O1)[C@@H](O)[C@@H](c1ccccc1)O2. The number of esters is 1. The molecule has 90 valence electrons. The highest BCUT2D eigenvalue weighted by Gasteiger charge is 2.44. The van der Waals surface area contributed by atoms with Crippen LogP contribution in [-0.2, 0) is 14.3 Å². The highest BCUT2D eigenvalue weighted by molar-refractivity contribution is 5.71. The van der Waals surface area contributed by atoms with Gasteiger partial charge in [0.25, 0.3) is 0 Å². The molecule has 1 aromatic rings. The molecule has 2 aliphatic rings. The number of rotatable bonds is 1. The third-order valence-electron chi connectivity index (χ3n) is 3.33. The number of carbonyl (C=O) groups is 1. The molecule has 0 amide bonds. The molecular weight excluding hydrogens is 220 g/mol. The lowest BCUT2D eigenvalue weighted by Crippen LogP contribution is -2.50. The van der Waals surface area contributed by atoms with Crippen LogP contribution in [0.15, 0.2) is 30.3 Å². The first-order chi connectivity index (χ1) is 8.24. The minimum atomic E-state index is -0.780. The molecule has 2 aliphatic heterocycles. The van der Waals surface area contributed by atoms with Crippen molar-refractivity contribution in [2.75, 3.05) is 0 Å². The predicted octanol–water partition coefficient (Wildman–Crippen LogP) is 1.19. The van der Waals surface area contributed by atoms with Crippen LogP contribution in [0.2, 0.25) is 0 Å². The van der Waals surface area contributed by atoms with Crippen LogP contribution in [0.3, 0.4) is 0 Å². The summed E-state index contributed by atoms with van der Waals surface area (Å²) in [5, 5.41) is 10.1. The molecule has 3 rings (SSSR count). The van der Waals surface area contributed by atoms with Gasteiger partial charge in [0.15, 0.2) is 0 Å². The van der Waals surface area contributed by atoms with Gasteiger partial charge >= 0.3 is 5.97 Å². The molecule has 0 aromatic heterocycles. The van der Waals surface area contributed by atoms with Gasteiger partial charge in [-0.1, -0.05) is 30.3 Å². The van der Waals surface area contributed by atoms with E-state index in [1.807, 2.05) is 30.3 Å². The number of aliphatic hydroxyl groups excluding tert-OH is 1. The number of hydrogen-bond acceptors (Lipinski definition) is 4.